The predicted molar refractivity (Wildman–Crippen MR) is 158 cm³/mol. The Labute approximate surface area is 229 Å². The quantitative estimate of drug-likeness (QED) is 0.0754. The van der Waals surface area contributed by atoms with E-state index in [1.54, 1.807) is 0 Å². The fourth-order valence-corrected chi connectivity index (χ4v) is 4.19. The van der Waals surface area contributed by atoms with E-state index in [2.05, 4.69) is 31.8 Å². The lowest BCUT2D eigenvalue weighted by molar-refractivity contribution is -0.143. The van der Waals surface area contributed by atoms with Crippen molar-refractivity contribution in [3.63, 3.8) is 0 Å². The van der Waals surface area contributed by atoms with Crippen LogP contribution >= 0.6 is 0 Å². The van der Waals surface area contributed by atoms with E-state index in [0.29, 0.717) is 18.8 Å². The van der Waals surface area contributed by atoms with Crippen LogP contribution in [-0.4, -0.2) is 12.6 Å². The standard InChI is InChI=1S/C34H56O3/c1-6-8-10-12-14-15-16-17-18-19-20-21-23-25-30-27-31(36-26-24-22-13-11-9-7-2)29-32(28-30)37-33(35)34(3,4)5/h27-29H,6-12,14-21,23-26H2,1-5H3. The van der Waals surface area contributed by atoms with Gasteiger partial charge in [-0.15, -0.1) is 5.92 Å². The van der Waals surface area contributed by atoms with Gasteiger partial charge < -0.3 is 9.47 Å². The molecule has 0 saturated carbocycles. The van der Waals surface area contributed by atoms with Crippen LogP contribution in [0.5, 0.6) is 11.5 Å². The first-order chi connectivity index (χ1) is 17.9. The molecule has 0 amide bonds. The molecule has 0 heterocycles. The molecule has 3 nitrogen and oxygen atoms in total. The van der Waals surface area contributed by atoms with Crippen molar-refractivity contribution in [2.45, 2.75) is 150 Å². The number of rotatable bonds is 20. The first-order valence-corrected chi connectivity index (χ1v) is 15.3. The molecule has 0 atom stereocenters. The highest BCUT2D eigenvalue weighted by Crippen LogP contribution is 2.27. The molecule has 1 aromatic carbocycles. The van der Waals surface area contributed by atoms with E-state index in [1.165, 1.54) is 89.0 Å². The molecular formula is C34H56O3. The molecule has 0 radical (unpaired) electrons. The monoisotopic (exact) mass is 512 g/mol. The van der Waals surface area contributed by atoms with Gasteiger partial charge in [0.05, 0.1) is 12.0 Å². The van der Waals surface area contributed by atoms with Crippen molar-refractivity contribution in [2.24, 2.45) is 5.41 Å². The maximum atomic E-state index is 12.4. The van der Waals surface area contributed by atoms with Gasteiger partial charge in [-0.2, -0.15) is 0 Å². The van der Waals surface area contributed by atoms with Crippen LogP contribution < -0.4 is 9.47 Å². The van der Waals surface area contributed by atoms with Crippen molar-refractivity contribution in [2.75, 3.05) is 6.61 Å². The molecule has 0 saturated heterocycles. The lowest BCUT2D eigenvalue weighted by atomic mass is 9.97. The molecule has 0 aliphatic carbocycles. The van der Waals surface area contributed by atoms with Gasteiger partial charge in [0.25, 0.3) is 0 Å². The maximum absolute atomic E-state index is 12.4. The number of unbranched alkanes of at least 4 members (excludes halogenated alkanes) is 14. The topological polar surface area (TPSA) is 35.5 Å². The third-order valence-corrected chi connectivity index (χ3v) is 6.61. The van der Waals surface area contributed by atoms with Gasteiger partial charge in [0.2, 0.25) is 0 Å². The Kier molecular flexibility index (Phi) is 18.8. The van der Waals surface area contributed by atoms with Crippen molar-refractivity contribution in [3.8, 4) is 23.3 Å². The van der Waals surface area contributed by atoms with E-state index in [4.69, 9.17) is 9.47 Å². The zero-order chi connectivity index (χ0) is 27.2. The molecule has 0 unspecified atom stereocenters. The smallest absolute Gasteiger partial charge is 0.316 e. The van der Waals surface area contributed by atoms with Gasteiger partial charge in [0.1, 0.15) is 11.5 Å². The average Bonchev–Trinajstić information content (AvgIpc) is 2.85. The SMILES string of the molecule is CCCCC#CCCOc1cc(CCCCCCCCCCCCCCC)cc(OC(=O)C(C)(C)C)c1. The van der Waals surface area contributed by atoms with Gasteiger partial charge in [-0.05, 0) is 57.7 Å². The van der Waals surface area contributed by atoms with E-state index in [-0.39, 0.29) is 5.97 Å². The molecule has 3 heteroatoms. The fraction of sp³-hybridized carbons (Fsp3) is 0.735. The first-order valence-electron chi connectivity index (χ1n) is 15.3. The molecule has 0 spiro atoms. The average molecular weight is 513 g/mol. The van der Waals surface area contributed by atoms with Crippen LogP contribution in [0.15, 0.2) is 18.2 Å². The lowest BCUT2D eigenvalue weighted by Gasteiger charge is -2.17. The van der Waals surface area contributed by atoms with E-state index >= 15 is 0 Å². The largest absolute Gasteiger partial charge is 0.492 e. The van der Waals surface area contributed by atoms with Gasteiger partial charge in [-0.1, -0.05) is 103 Å². The summed E-state index contributed by atoms with van der Waals surface area (Å²) in [5.74, 6) is 7.52. The Bertz CT molecular complexity index is 778. The van der Waals surface area contributed by atoms with E-state index in [0.717, 1.165) is 31.4 Å². The third-order valence-electron chi connectivity index (χ3n) is 6.61. The van der Waals surface area contributed by atoms with Gasteiger partial charge in [-0.25, -0.2) is 0 Å². The van der Waals surface area contributed by atoms with E-state index < -0.39 is 5.41 Å². The zero-order valence-electron chi connectivity index (χ0n) is 24.9. The minimum atomic E-state index is -0.542. The first kappa shape index (κ1) is 33.1. The van der Waals surface area contributed by atoms with Gasteiger partial charge >= 0.3 is 5.97 Å². The zero-order valence-corrected chi connectivity index (χ0v) is 24.9. The maximum Gasteiger partial charge on any atom is 0.316 e. The molecule has 0 aromatic heterocycles. The number of esters is 1. The van der Waals surface area contributed by atoms with Crippen molar-refractivity contribution < 1.29 is 14.3 Å². The molecule has 0 bridgehead atoms. The van der Waals surface area contributed by atoms with Crippen LogP contribution in [0.3, 0.4) is 0 Å². The van der Waals surface area contributed by atoms with Crippen LogP contribution in [0.2, 0.25) is 0 Å². The molecular weight excluding hydrogens is 456 g/mol. The van der Waals surface area contributed by atoms with Gasteiger partial charge in [0, 0.05) is 18.9 Å². The molecule has 0 aliphatic rings. The van der Waals surface area contributed by atoms with Crippen molar-refractivity contribution in [3.05, 3.63) is 23.8 Å². The number of benzene rings is 1. The van der Waals surface area contributed by atoms with Gasteiger partial charge in [-0.3, -0.25) is 4.79 Å². The number of aryl methyl sites for hydroxylation is 1. The molecule has 37 heavy (non-hydrogen) atoms. The summed E-state index contributed by atoms with van der Waals surface area (Å²) in [6.07, 6.45) is 22.6. The van der Waals surface area contributed by atoms with Crippen molar-refractivity contribution in [1.82, 2.24) is 0 Å². The highest BCUT2D eigenvalue weighted by atomic mass is 16.5. The van der Waals surface area contributed by atoms with Crippen LogP contribution in [-0.2, 0) is 11.2 Å². The number of ether oxygens (including phenoxy) is 2. The second-order valence-corrected chi connectivity index (χ2v) is 11.5. The molecule has 0 N–H and O–H groups in total. The van der Waals surface area contributed by atoms with E-state index in [9.17, 15) is 4.79 Å². The summed E-state index contributed by atoms with van der Waals surface area (Å²) in [7, 11) is 0. The van der Waals surface area contributed by atoms with Crippen molar-refractivity contribution in [1.29, 1.82) is 0 Å². The predicted octanol–water partition coefficient (Wildman–Crippen LogP) is 10.2. The number of carbonyl (C=O) groups excluding carboxylic acids is 1. The highest BCUT2D eigenvalue weighted by Gasteiger charge is 2.24. The van der Waals surface area contributed by atoms with E-state index in [1.807, 2.05) is 32.9 Å². The van der Waals surface area contributed by atoms with Crippen LogP contribution in [0.25, 0.3) is 0 Å². The normalized spacial score (nSPS) is 11.2. The summed E-state index contributed by atoms with van der Waals surface area (Å²) in [5, 5.41) is 0. The Morgan fingerprint density at radius 1 is 0.676 bits per heavy atom. The lowest BCUT2D eigenvalue weighted by Crippen LogP contribution is -2.25. The summed E-state index contributed by atoms with van der Waals surface area (Å²) in [6.45, 7) is 10.6. The van der Waals surface area contributed by atoms with Gasteiger partial charge in [0.15, 0.2) is 0 Å². The molecule has 210 valence electrons. The molecule has 1 rings (SSSR count). The van der Waals surface area contributed by atoms with Crippen LogP contribution in [0, 0.1) is 17.3 Å². The van der Waals surface area contributed by atoms with Crippen LogP contribution in [0.1, 0.15) is 149 Å². The fourth-order valence-electron chi connectivity index (χ4n) is 4.19. The Morgan fingerprint density at radius 2 is 1.19 bits per heavy atom. The van der Waals surface area contributed by atoms with Crippen molar-refractivity contribution >= 4 is 5.97 Å². The molecule has 0 aliphatic heterocycles. The summed E-state index contributed by atoms with van der Waals surface area (Å²) in [4.78, 5) is 12.4. The Morgan fingerprint density at radius 3 is 1.76 bits per heavy atom. The summed E-state index contributed by atoms with van der Waals surface area (Å²) < 4.78 is 11.7. The highest BCUT2D eigenvalue weighted by molar-refractivity contribution is 5.78. The number of hydrogen-bond donors (Lipinski definition) is 0. The second kappa shape index (κ2) is 21.0. The Balaban J connectivity index is 2.42. The summed E-state index contributed by atoms with van der Waals surface area (Å²) >= 11 is 0. The minimum absolute atomic E-state index is 0.224. The molecule has 1 aromatic rings. The Hall–Kier alpha value is -1.95. The minimum Gasteiger partial charge on any atom is -0.492 e. The van der Waals surface area contributed by atoms with Crippen LogP contribution in [0.4, 0.5) is 0 Å². The summed E-state index contributed by atoms with van der Waals surface area (Å²) in [5.41, 5.74) is 0.631. The third kappa shape index (κ3) is 18.0. The number of hydrogen-bond acceptors (Lipinski definition) is 3. The second-order valence-electron chi connectivity index (χ2n) is 11.5. The molecule has 0 fully saturated rings. The summed E-state index contributed by atoms with van der Waals surface area (Å²) in [6, 6.07) is 5.93. The number of carbonyl (C=O) groups is 1.